The molecule has 1 heterocycles. The van der Waals surface area contributed by atoms with Crippen LogP contribution in [0.25, 0.3) is 0 Å². The van der Waals surface area contributed by atoms with Gasteiger partial charge in [0, 0.05) is 38.7 Å². The first kappa shape index (κ1) is 13.6. The van der Waals surface area contributed by atoms with Gasteiger partial charge in [-0.2, -0.15) is 0 Å². The Balaban J connectivity index is 1.90. The third kappa shape index (κ3) is 2.93. The molecule has 1 aromatic heterocycles. The molecule has 0 spiro atoms. The van der Waals surface area contributed by atoms with E-state index in [2.05, 4.69) is 5.32 Å². The van der Waals surface area contributed by atoms with Gasteiger partial charge in [-0.25, -0.2) is 12.7 Å². The number of furan rings is 1. The van der Waals surface area contributed by atoms with Crippen molar-refractivity contribution >= 4 is 10.0 Å². The number of hydrogen-bond donors (Lipinski definition) is 1. The zero-order valence-corrected chi connectivity index (χ0v) is 11.7. The number of fused-ring (bicyclic) bond motifs is 1. The lowest BCUT2D eigenvalue weighted by Gasteiger charge is -2.23. The first-order valence-corrected chi connectivity index (χ1v) is 7.81. The summed E-state index contributed by atoms with van der Waals surface area (Å²) in [5.41, 5.74) is 1.18. The third-order valence-electron chi connectivity index (χ3n) is 3.36. The van der Waals surface area contributed by atoms with Gasteiger partial charge in [0.15, 0.2) is 0 Å². The molecule has 1 aliphatic rings. The first-order valence-electron chi connectivity index (χ1n) is 6.20. The first-order chi connectivity index (χ1) is 8.50. The molecule has 0 aliphatic heterocycles. The van der Waals surface area contributed by atoms with E-state index in [4.69, 9.17) is 4.42 Å². The zero-order chi connectivity index (χ0) is 13.2. The number of hydrogen-bond acceptors (Lipinski definition) is 4. The predicted octanol–water partition coefficient (Wildman–Crippen LogP) is 1.14. The molecule has 1 aromatic rings. The Morgan fingerprint density at radius 3 is 3.00 bits per heavy atom. The summed E-state index contributed by atoms with van der Waals surface area (Å²) in [6.07, 6.45) is 4.81. The highest BCUT2D eigenvalue weighted by Crippen LogP contribution is 2.30. The largest absolute Gasteiger partial charge is 0.469 e. The molecule has 0 amide bonds. The van der Waals surface area contributed by atoms with Gasteiger partial charge in [-0.3, -0.25) is 0 Å². The lowest BCUT2D eigenvalue weighted by molar-refractivity contribution is 0.416. The monoisotopic (exact) mass is 272 g/mol. The van der Waals surface area contributed by atoms with Crippen LogP contribution >= 0.6 is 0 Å². The molecule has 102 valence electrons. The number of nitrogens with one attached hydrogen (secondary N) is 1. The SMILES string of the molecule is CN(C)S(=O)(=O)CCNC1CCCc2occc21. The Morgan fingerprint density at radius 1 is 1.50 bits per heavy atom. The van der Waals surface area contributed by atoms with Gasteiger partial charge in [0.1, 0.15) is 5.76 Å². The van der Waals surface area contributed by atoms with E-state index in [0.29, 0.717) is 6.54 Å². The van der Waals surface area contributed by atoms with Gasteiger partial charge in [0.2, 0.25) is 10.0 Å². The second-order valence-electron chi connectivity index (χ2n) is 4.80. The van der Waals surface area contributed by atoms with Crippen LogP contribution in [0.3, 0.4) is 0 Å². The summed E-state index contributed by atoms with van der Waals surface area (Å²) in [4.78, 5) is 0. The lowest BCUT2D eigenvalue weighted by Crippen LogP contribution is -2.33. The number of rotatable bonds is 5. The third-order valence-corrected chi connectivity index (χ3v) is 5.19. The molecular formula is C12H20N2O3S. The van der Waals surface area contributed by atoms with E-state index in [0.717, 1.165) is 25.0 Å². The van der Waals surface area contributed by atoms with Gasteiger partial charge in [-0.1, -0.05) is 0 Å². The van der Waals surface area contributed by atoms with Crippen LogP contribution in [0.2, 0.25) is 0 Å². The van der Waals surface area contributed by atoms with Crippen LogP contribution < -0.4 is 5.32 Å². The smallest absolute Gasteiger partial charge is 0.214 e. The van der Waals surface area contributed by atoms with Crippen LogP contribution in [0.5, 0.6) is 0 Å². The summed E-state index contributed by atoms with van der Waals surface area (Å²) in [5, 5.41) is 3.31. The molecular weight excluding hydrogens is 252 g/mol. The van der Waals surface area contributed by atoms with Crippen molar-refractivity contribution in [2.75, 3.05) is 26.4 Å². The van der Waals surface area contributed by atoms with E-state index in [1.807, 2.05) is 6.07 Å². The lowest BCUT2D eigenvalue weighted by atomic mass is 9.93. The van der Waals surface area contributed by atoms with E-state index >= 15 is 0 Å². The molecule has 0 fully saturated rings. The van der Waals surface area contributed by atoms with Gasteiger partial charge in [-0.05, 0) is 18.9 Å². The topological polar surface area (TPSA) is 62.6 Å². The van der Waals surface area contributed by atoms with Gasteiger partial charge < -0.3 is 9.73 Å². The predicted molar refractivity (Wildman–Crippen MR) is 69.9 cm³/mol. The molecule has 5 nitrogen and oxygen atoms in total. The number of sulfonamides is 1. The Bertz CT molecular complexity index is 493. The Kier molecular flexibility index (Phi) is 4.09. The molecule has 2 rings (SSSR count). The maximum Gasteiger partial charge on any atom is 0.214 e. The van der Waals surface area contributed by atoms with Gasteiger partial charge in [0.05, 0.1) is 12.0 Å². The Hall–Kier alpha value is -0.850. The van der Waals surface area contributed by atoms with Crippen LogP contribution in [0, 0.1) is 0 Å². The minimum Gasteiger partial charge on any atom is -0.469 e. The maximum absolute atomic E-state index is 11.6. The summed E-state index contributed by atoms with van der Waals surface area (Å²) >= 11 is 0. The second-order valence-corrected chi connectivity index (χ2v) is 7.10. The van der Waals surface area contributed by atoms with E-state index in [9.17, 15) is 8.42 Å². The fourth-order valence-electron chi connectivity index (χ4n) is 2.24. The second kappa shape index (κ2) is 5.42. The van der Waals surface area contributed by atoms with Crippen molar-refractivity contribution in [3.8, 4) is 0 Å². The highest BCUT2D eigenvalue weighted by atomic mass is 32.2. The standard InChI is InChI=1S/C12H20N2O3S/c1-14(2)18(15,16)9-7-13-11-4-3-5-12-10(11)6-8-17-12/h6,8,11,13H,3-5,7,9H2,1-2H3. The summed E-state index contributed by atoms with van der Waals surface area (Å²) < 4.78 is 29.9. The summed E-state index contributed by atoms with van der Waals surface area (Å²) in [5.74, 6) is 1.16. The molecule has 0 saturated heterocycles. The molecule has 0 aromatic carbocycles. The molecule has 0 radical (unpaired) electrons. The van der Waals surface area contributed by atoms with Gasteiger partial charge >= 0.3 is 0 Å². The van der Waals surface area contributed by atoms with Crippen molar-refractivity contribution in [2.24, 2.45) is 0 Å². The van der Waals surface area contributed by atoms with Crippen molar-refractivity contribution in [1.29, 1.82) is 0 Å². The van der Waals surface area contributed by atoms with Gasteiger partial charge in [0.25, 0.3) is 0 Å². The van der Waals surface area contributed by atoms with E-state index < -0.39 is 10.0 Å². The van der Waals surface area contributed by atoms with Crippen LogP contribution in [0.15, 0.2) is 16.7 Å². The molecule has 6 heteroatoms. The molecule has 1 N–H and O–H groups in total. The summed E-state index contributed by atoms with van der Waals surface area (Å²) in [6, 6.07) is 2.21. The quantitative estimate of drug-likeness (QED) is 0.873. The minimum atomic E-state index is -3.12. The van der Waals surface area contributed by atoms with Crippen molar-refractivity contribution in [2.45, 2.75) is 25.3 Å². The minimum absolute atomic E-state index is 0.129. The molecule has 1 unspecified atom stereocenters. The van der Waals surface area contributed by atoms with Crippen LogP contribution in [0.4, 0.5) is 0 Å². The number of aryl methyl sites for hydroxylation is 1. The molecule has 1 aliphatic carbocycles. The molecule has 0 saturated carbocycles. The summed E-state index contributed by atoms with van der Waals surface area (Å²) in [6.45, 7) is 0.468. The Labute approximate surface area is 108 Å². The van der Waals surface area contributed by atoms with Crippen LogP contribution in [-0.4, -0.2) is 39.1 Å². The van der Waals surface area contributed by atoms with Crippen molar-refractivity contribution in [1.82, 2.24) is 9.62 Å². The molecule has 0 bridgehead atoms. The highest BCUT2D eigenvalue weighted by Gasteiger charge is 2.22. The Morgan fingerprint density at radius 2 is 2.28 bits per heavy atom. The highest BCUT2D eigenvalue weighted by molar-refractivity contribution is 7.89. The average molecular weight is 272 g/mol. The van der Waals surface area contributed by atoms with E-state index in [1.165, 1.54) is 9.87 Å². The fourth-order valence-corrected chi connectivity index (χ4v) is 2.98. The van der Waals surface area contributed by atoms with Gasteiger partial charge in [-0.15, -0.1) is 0 Å². The summed E-state index contributed by atoms with van der Waals surface area (Å²) in [7, 11) is 0.00368. The normalized spacial score (nSPS) is 20.1. The average Bonchev–Trinajstić information content (AvgIpc) is 2.77. The van der Waals surface area contributed by atoms with Crippen LogP contribution in [0.1, 0.15) is 30.2 Å². The van der Waals surface area contributed by atoms with Crippen molar-refractivity contribution in [3.63, 3.8) is 0 Å². The molecule has 18 heavy (non-hydrogen) atoms. The van der Waals surface area contributed by atoms with E-state index in [1.54, 1.807) is 20.4 Å². The maximum atomic E-state index is 11.6. The molecule has 1 atom stereocenters. The van der Waals surface area contributed by atoms with Crippen molar-refractivity contribution in [3.05, 3.63) is 23.7 Å². The van der Waals surface area contributed by atoms with E-state index in [-0.39, 0.29) is 11.8 Å². The fraction of sp³-hybridized carbons (Fsp3) is 0.667. The zero-order valence-electron chi connectivity index (χ0n) is 10.8. The van der Waals surface area contributed by atoms with Crippen molar-refractivity contribution < 1.29 is 12.8 Å². The number of nitrogens with zero attached hydrogens (tertiary/aromatic N) is 1. The van der Waals surface area contributed by atoms with Crippen LogP contribution in [-0.2, 0) is 16.4 Å².